The fraction of sp³-hybridized carbons (Fsp3) is 0.333. The monoisotopic (exact) mass is 235 g/mol. The molecule has 1 heterocycles. The van der Waals surface area contributed by atoms with Gasteiger partial charge in [-0.2, -0.15) is 0 Å². The smallest absolute Gasteiger partial charge is 0.408 e. The van der Waals surface area contributed by atoms with Gasteiger partial charge in [0.1, 0.15) is 0 Å². The molecule has 0 aliphatic carbocycles. The van der Waals surface area contributed by atoms with Gasteiger partial charge >= 0.3 is 12.1 Å². The van der Waals surface area contributed by atoms with Crippen molar-refractivity contribution < 1.29 is 19.8 Å². The van der Waals surface area contributed by atoms with Crippen molar-refractivity contribution in [2.45, 2.75) is 25.4 Å². The summed E-state index contributed by atoms with van der Waals surface area (Å²) in [6.45, 7) is 1.90. The molecule has 2 rings (SSSR count). The van der Waals surface area contributed by atoms with E-state index in [0.29, 0.717) is 0 Å². The Bertz CT molecular complexity index is 485. The molecule has 1 aliphatic rings. The predicted octanol–water partition coefficient (Wildman–Crippen LogP) is 1.87. The lowest BCUT2D eigenvalue weighted by atomic mass is 9.88. The second kappa shape index (κ2) is 3.76. The fourth-order valence-corrected chi connectivity index (χ4v) is 2.44. The van der Waals surface area contributed by atoms with Crippen molar-refractivity contribution in [3.8, 4) is 0 Å². The van der Waals surface area contributed by atoms with Crippen LogP contribution in [-0.4, -0.2) is 27.2 Å². The van der Waals surface area contributed by atoms with E-state index in [0.717, 1.165) is 11.1 Å². The summed E-state index contributed by atoms with van der Waals surface area (Å²) in [5, 5.41) is 18.1. The van der Waals surface area contributed by atoms with Crippen molar-refractivity contribution in [2.75, 3.05) is 0 Å². The molecule has 90 valence electrons. The standard InChI is InChI=1S/C12H13NO4/c1-12(6-10(14)15)9-5-3-2-4-8(9)7-13(12)11(16)17/h2-5H,6-7H2,1H3,(H,14,15)(H,16,17). The Morgan fingerprint density at radius 2 is 2.00 bits per heavy atom. The van der Waals surface area contributed by atoms with Gasteiger partial charge in [-0.3, -0.25) is 9.69 Å². The van der Waals surface area contributed by atoms with E-state index in [1.54, 1.807) is 19.1 Å². The summed E-state index contributed by atoms with van der Waals surface area (Å²) in [5.41, 5.74) is 0.678. The van der Waals surface area contributed by atoms with Gasteiger partial charge in [0.25, 0.3) is 0 Å². The number of aliphatic carboxylic acids is 1. The molecular formula is C12H13NO4. The number of nitrogens with zero attached hydrogens (tertiary/aromatic N) is 1. The third-order valence-corrected chi connectivity index (χ3v) is 3.25. The maximum absolute atomic E-state index is 11.2. The van der Waals surface area contributed by atoms with Crippen LogP contribution in [0.2, 0.25) is 0 Å². The highest BCUT2D eigenvalue weighted by molar-refractivity contribution is 5.74. The molecule has 0 bridgehead atoms. The minimum absolute atomic E-state index is 0.226. The third-order valence-electron chi connectivity index (χ3n) is 3.25. The molecule has 5 nitrogen and oxygen atoms in total. The summed E-state index contributed by atoms with van der Waals surface area (Å²) in [6.07, 6.45) is -1.32. The zero-order chi connectivity index (χ0) is 12.6. The van der Waals surface area contributed by atoms with Gasteiger partial charge < -0.3 is 10.2 Å². The Labute approximate surface area is 98.3 Å². The number of carboxylic acids is 1. The maximum atomic E-state index is 11.2. The second-order valence-corrected chi connectivity index (χ2v) is 4.37. The van der Waals surface area contributed by atoms with E-state index in [-0.39, 0.29) is 13.0 Å². The summed E-state index contributed by atoms with van der Waals surface area (Å²) in [7, 11) is 0. The first-order chi connectivity index (χ1) is 7.95. The van der Waals surface area contributed by atoms with Crippen molar-refractivity contribution >= 4 is 12.1 Å². The molecule has 1 aliphatic heterocycles. The van der Waals surface area contributed by atoms with Crippen LogP contribution in [-0.2, 0) is 16.9 Å². The summed E-state index contributed by atoms with van der Waals surface area (Å²) in [5.74, 6) is -1.00. The largest absolute Gasteiger partial charge is 0.481 e. The number of amides is 1. The summed E-state index contributed by atoms with van der Waals surface area (Å²) in [4.78, 5) is 23.3. The van der Waals surface area contributed by atoms with Gasteiger partial charge in [0.05, 0.1) is 18.5 Å². The molecule has 0 aromatic heterocycles. The number of rotatable bonds is 2. The van der Waals surface area contributed by atoms with Crippen LogP contribution in [0.25, 0.3) is 0 Å². The number of hydrogen-bond acceptors (Lipinski definition) is 2. The van der Waals surface area contributed by atoms with E-state index >= 15 is 0 Å². The van der Waals surface area contributed by atoms with Crippen molar-refractivity contribution in [3.05, 3.63) is 35.4 Å². The number of hydrogen-bond donors (Lipinski definition) is 2. The average Bonchev–Trinajstić information content (AvgIpc) is 2.52. The molecule has 0 radical (unpaired) electrons. The molecular weight excluding hydrogens is 222 g/mol. The summed E-state index contributed by atoms with van der Waals surface area (Å²) in [6, 6.07) is 7.25. The molecule has 1 atom stereocenters. The molecule has 2 N–H and O–H groups in total. The highest BCUT2D eigenvalue weighted by atomic mass is 16.4. The van der Waals surface area contributed by atoms with Crippen LogP contribution in [0.15, 0.2) is 24.3 Å². The normalized spacial score (nSPS) is 22.3. The summed E-state index contributed by atoms with van der Waals surface area (Å²) >= 11 is 0. The molecule has 1 aromatic carbocycles. The Morgan fingerprint density at radius 1 is 1.35 bits per heavy atom. The van der Waals surface area contributed by atoms with Gasteiger partial charge in [-0.05, 0) is 18.1 Å². The first-order valence-corrected chi connectivity index (χ1v) is 5.26. The molecule has 0 saturated carbocycles. The number of carboxylic acid groups (broad SMARTS) is 2. The van der Waals surface area contributed by atoms with Gasteiger partial charge in [-0.1, -0.05) is 24.3 Å². The van der Waals surface area contributed by atoms with Gasteiger partial charge in [-0.15, -0.1) is 0 Å². The quantitative estimate of drug-likeness (QED) is 0.820. The Hall–Kier alpha value is -2.04. The van der Waals surface area contributed by atoms with E-state index in [1.807, 2.05) is 12.1 Å². The van der Waals surface area contributed by atoms with Crippen LogP contribution < -0.4 is 0 Å². The number of benzene rings is 1. The number of fused-ring (bicyclic) bond motifs is 1. The average molecular weight is 235 g/mol. The lowest BCUT2D eigenvalue weighted by Crippen LogP contribution is -2.43. The van der Waals surface area contributed by atoms with Crippen molar-refractivity contribution in [3.63, 3.8) is 0 Å². The minimum Gasteiger partial charge on any atom is -0.481 e. The SMILES string of the molecule is CC1(CC(=O)O)c2ccccc2CN1C(=O)O. The Morgan fingerprint density at radius 3 is 2.59 bits per heavy atom. The second-order valence-electron chi connectivity index (χ2n) is 4.37. The van der Waals surface area contributed by atoms with Crippen LogP contribution >= 0.6 is 0 Å². The van der Waals surface area contributed by atoms with Crippen LogP contribution in [0.3, 0.4) is 0 Å². The van der Waals surface area contributed by atoms with Gasteiger partial charge in [0.15, 0.2) is 0 Å². The lowest BCUT2D eigenvalue weighted by molar-refractivity contribution is -0.139. The van der Waals surface area contributed by atoms with Gasteiger partial charge in [0, 0.05) is 0 Å². The highest BCUT2D eigenvalue weighted by Crippen LogP contribution is 2.41. The van der Waals surface area contributed by atoms with E-state index < -0.39 is 17.6 Å². The molecule has 1 amide bonds. The van der Waals surface area contributed by atoms with Crippen molar-refractivity contribution in [1.82, 2.24) is 4.90 Å². The van der Waals surface area contributed by atoms with Crippen LogP contribution in [0.1, 0.15) is 24.5 Å². The minimum atomic E-state index is -1.09. The lowest BCUT2D eigenvalue weighted by Gasteiger charge is -2.32. The topological polar surface area (TPSA) is 77.8 Å². The van der Waals surface area contributed by atoms with E-state index in [4.69, 9.17) is 10.2 Å². The molecule has 0 saturated heterocycles. The highest BCUT2D eigenvalue weighted by Gasteiger charge is 2.45. The zero-order valence-corrected chi connectivity index (χ0v) is 9.38. The van der Waals surface area contributed by atoms with Crippen molar-refractivity contribution in [1.29, 1.82) is 0 Å². The molecule has 0 spiro atoms. The van der Waals surface area contributed by atoms with Gasteiger partial charge in [-0.25, -0.2) is 4.79 Å². The summed E-state index contributed by atoms with van der Waals surface area (Å²) < 4.78 is 0. The first-order valence-electron chi connectivity index (χ1n) is 5.26. The molecule has 1 aromatic rings. The maximum Gasteiger partial charge on any atom is 0.408 e. The molecule has 1 unspecified atom stereocenters. The fourth-order valence-electron chi connectivity index (χ4n) is 2.44. The van der Waals surface area contributed by atoms with Crippen LogP contribution in [0.4, 0.5) is 4.79 Å². The molecule has 17 heavy (non-hydrogen) atoms. The molecule has 0 fully saturated rings. The number of carbonyl (C=O) groups is 2. The van der Waals surface area contributed by atoms with Crippen LogP contribution in [0, 0.1) is 0 Å². The predicted molar refractivity (Wildman–Crippen MR) is 59.6 cm³/mol. The Kier molecular flexibility index (Phi) is 2.53. The van der Waals surface area contributed by atoms with E-state index in [9.17, 15) is 9.59 Å². The first kappa shape index (κ1) is 11.4. The van der Waals surface area contributed by atoms with E-state index in [2.05, 4.69) is 0 Å². The van der Waals surface area contributed by atoms with E-state index in [1.165, 1.54) is 4.90 Å². The van der Waals surface area contributed by atoms with Crippen LogP contribution in [0.5, 0.6) is 0 Å². The molecule has 5 heteroatoms. The zero-order valence-electron chi connectivity index (χ0n) is 9.38. The third kappa shape index (κ3) is 1.73. The van der Waals surface area contributed by atoms with Crippen molar-refractivity contribution in [2.24, 2.45) is 0 Å². The Balaban J connectivity index is 2.50. The van der Waals surface area contributed by atoms with Gasteiger partial charge in [0.2, 0.25) is 0 Å².